The average molecular weight is 438 g/mol. The molecule has 0 unspecified atom stereocenters. The van der Waals surface area contributed by atoms with E-state index in [4.69, 9.17) is 0 Å². The predicted molar refractivity (Wildman–Crippen MR) is 112 cm³/mol. The number of nitrogens with zero attached hydrogens (tertiary/aromatic N) is 3. The van der Waals surface area contributed by atoms with E-state index in [2.05, 4.69) is 55.6 Å². The SMILES string of the molecule is CCCCC(CCCC)Cc1ccc(-c2cnc(Br)c3nsnc23)s1. The Morgan fingerprint density at radius 1 is 1.04 bits per heavy atom. The molecule has 0 saturated heterocycles. The van der Waals surface area contributed by atoms with Crippen LogP contribution in [0.2, 0.25) is 0 Å². The molecule has 0 amide bonds. The summed E-state index contributed by atoms with van der Waals surface area (Å²) >= 11 is 6.60. The lowest BCUT2D eigenvalue weighted by atomic mass is 9.92. The second-order valence-electron chi connectivity index (χ2n) is 6.54. The summed E-state index contributed by atoms with van der Waals surface area (Å²) in [6.45, 7) is 4.57. The quantitative estimate of drug-likeness (QED) is 0.334. The Hall–Kier alpha value is -0.850. The Kier molecular flexibility index (Phi) is 6.96. The lowest BCUT2D eigenvalue weighted by Gasteiger charge is -2.15. The first-order valence-electron chi connectivity index (χ1n) is 9.08. The first kappa shape index (κ1) is 18.9. The fraction of sp³-hybridized carbons (Fsp3) is 0.526. The van der Waals surface area contributed by atoms with Gasteiger partial charge in [0.15, 0.2) is 0 Å². The highest BCUT2D eigenvalue weighted by Gasteiger charge is 2.15. The number of hydrogen-bond donors (Lipinski definition) is 0. The van der Waals surface area contributed by atoms with Gasteiger partial charge in [0.25, 0.3) is 0 Å². The number of thiophene rings is 1. The van der Waals surface area contributed by atoms with Crippen LogP contribution in [0.3, 0.4) is 0 Å². The Morgan fingerprint density at radius 3 is 2.48 bits per heavy atom. The molecule has 0 aliphatic rings. The molecule has 0 N–H and O–H groups in total. The maximum atomic E-state index is 4.47. The van der Waals surface area contributed by atoms with E-state index in [1.54, 1.807) is 0 Å². The second-order valence-corrected chi connectivity index (χ2v) is 8.99. The second kappa shape index (κ2) is 9.19. The molecule has 6 heteroatoms. The van der Waals surface area contributed by atoms with E-state index in [1.165, 1.54) is 66.4 Å². The van der Waals surface area contributed by atoms with E-state index >= 15 is 0 Å². The highest BCUT2D eigenvalue weighted by Crippen LogP contribution is 2.35. The lowest BCUT2D eigenvalue weighted by Crippen LogP contribution is -2.03. The number of halogens is 1. The Morgan fingerprint density at radius 2 is 1.76 bits per heavy atom. The molecule has 0 aliphatic carbocycles. The highest BCUT2D eigenvalue weighted by molar-refractivity contribution is 9.10. The van der Waals surface area contributed by atoms with Crippen molar-refractivity contribution in [3.05, 3.63) is 27.8 Å². The number of rotatable bonds is 9. The summed E-state index contributed by atoms with van der Waals surface area (Å²) in [5.74, 6) is 0.815. The summed E-state index contributed by atoms with van der Waals surface area (Å²) in [4.78, 5) is 7.16. The van der Waals surface area contributed by atoms with Crippen molar-refractivity contribution in [3.63, 3.8) is 0 Å². The average Bonchev–Trinajstić information content (AvgIpc) is 3.28. The van der Waals surface area contributed by atoms with Gasteiger partial charge in [0.05, 0.1) is 11.7 Å². The first-order valence-corrected chi connectivity index (χ1v) is 11.4. The molecule has 0 aliphatic heterocycles. The predicted octanol–water partition coefficient (Wildman–Crippen LogP) is 7.12. The molecule has 0 radical (unpaired) electrons. The van der Waals surface area contributed by atoms with Crippen LogP contribution in [0.5, 0.6) is 0 Å². The van der Waals surface area contributed by atoms with Gasteiger partial charge in [-0.2, -0.15) is 8.75 Å². The van der Waals surface area contributed by atoms with Gasteiger partial charge < -0.3 is 0 Å². The minimum Gasteiger partial charge on any atom is -0.246 e. The topological polar surface area (TPSA) is 38.7 Å². The molecule has 0 bridgehead atoms. The van der Waals surface area contributed by atoms with Crippen LogP contribution in [0, 0.1) is 5.92 Å². The van der Waals surface area contributed by atoms with Gasteiger partial charge in [-0.3, -0.25) is 0 Å². The smallest absolute Gasteiger partial charge is 0.138 e. The van der Waals surface area contributed by atoms with Crippen molar-refractivity contribution in [1.82, 2.24) is 13.7 Å². The van der Waals surface area contributed by atoms with Gasteiger partial charge in [0.2, 0.25) is 0 Å². The summed E-state index contributed by atoms with van der Waals surface area (Å²) in [7, 11) is 0. The van der Waals surface area contributed by atoms with Crippen molar-refractivity contribution in [2.75, 3.05) is 0 Å². The molecule has 0 fully saturated rings. The van der Waals surface area contributed by atoms with Crippen LogP contribution in [0.1, 0.15) is 57.2 Å². The van der Waals surface area contributed by atoms with Crippen molar-refractivity contribution >= 4 is 50.0 Å². The third kappa shape index (κ3) is 4.66. The van der Waals surface area contributed by atoms with Crippen LogP contribution in [0.25, 0.3) is 21.5 Å². The van der Waals surface area contributed by atoms with Gasteiger partial charge in [0, 0.05) is 21.5 Å². The Labute approximate surface area is 166 Å². The monoisotopic (exact) mass is 437 g/mol. The van der Waals surface area contributed by atoms with Gasteiger partial charge in [-0.1, -0.05) is 52.4 Å². The number of pyridine rings is 1. The molecule has 3 rings (SSSR count). The zero-order chi connectivity index (χ0) is 17.6. The maximum Gasteiger partial charge on any atom is 0.138 e. The molecule has 3 aromatic rings. The fourth-order valence-corrected chi connectivity index (χ4v) is 5.37. The molecule has 0 atom stereocenters. The summed E-state index contributed by atoms with van der Waals surface area (Å²) in [5, 5.41) is 0. The van der Waals surface area contributed by atoms with Crippen molar-refractivity contribution in [2.24, 2.45) is 5.92 Å². The largest absolute Gasteiger partial charge is 0.246 e. The van der Waals surface area contributed by atoms with E-state index < -0.39 is 0 Å². The van der Waals surface area contributed by atoms with Crippen LogP contribution in [0.15, 0.2) is 22.9 Å². The minimum absolute atomic E-state index is 0.774. The summed E-state index contributed by atoms with van der Waals surface area (Å²) in [6.07, 6.45) is 11.1. The molecule has 3 nitrogen and oxygen atoms in total. The molecule has 134 valence electrons. The van der Waals surface area contributed by atoms with E-state index in [-0.39, 0.29) is 0 Å². The third-order valence-electron chi connectivity index (χ3n) is 4.59. The Balaban J connectivity index is 1.78. The number of aromatic nitrogens is 3. The van der Waals surface area contributed by atoms with Crippen molar-refractivity contribution in [1.29, 1.82) is 0 Å². The van der Waals surface area contributed by atoms with Crippen molar-refractivity contribution in [2.45, 2.75) is 58.8 Å². The first-order chi connectivity index (χ1) is 12.2. The molecule has 25 heavy (non-hydrogen) atoms. The van der Waals surface area contributed by atoms with Gasteiger partial charge in [-0.25, -0.2) is 4.98 Å². The van der Waals surface area contributed by atoms with Gasteiger partial charge in [-0.15, -0.1) is 11.3 Å². The van der Waals surface area contributed by atoms with Crippen LogP contribution in [-0.4, -0.2) is 13.7 Å². The Bertz CT molecular complexity index is 804. The molecular weight excluding hydrogens is 414 g/mol. The molecule has 3 aromatic heterocycles. The van der Waals surface area contributed by atoms with Gasteiger partial charge >= 0.3 is 0 Å². The fourth-order valence-electron chi connectivity index (χ4n) is 3.18. The highest BCUT2D eigenvalue weighted by atomic mass is 79.9. The minimum atomic E-state index is 0.774. The van der Waals surface area contributed by atoms with Gasteiger partial charge in [0.1, 0.15) is 15.6 Å². The standard InChI is InChI=1S/C19H24BrN3S2/c1-3-5-7-13(8-6-4-2)11-14-9-10-16(24-14)15-12-21-19(20)18-17(15)22-25-23-18/h9-10,12-13H,3-8,11H2,1-2H3. The molecule has 3 heterocycles. The van der Waals surface area contributed by atoms with E-state index in [0.29, 0.717) is 0 Å². The zero-order valence-electron chi connectivity index (χ0n) is 14.8. The normalized spacial score (nSPS) is 11.7. The van der Waals surface area contributed by atoms with Crippen LogP contribution in [0.4, 0.5) is 0 Å². The van der Waals surface area contributed by atoms with E-state index in [0.717, 1.165) is 27.1 Å². The third-order valence-corrected chi connectivity index (χ3v) is 6.84. The summed E-state index contributed by atoms with van der Waals surface area (Å²) in [6, 6.07) is 4.51. The van der Waals surface area contributed by atoms with Crippen molar-refractivity contribution < 1.29 is 0 Å². The number of unbranched alkanes of at least 4 members (excludes halogenated alkanes) is 2. The van der Waals surface area contributed by atoms with Crippen molar-refractivity contribution in [3.8, 4) is 10.4 Å². The van der Waals surface area contributed by atoms with Crippen LogP contribution < -0.4 is 0 Å². The molecule has 0 saturated carbocycles. The number of hydrogen-bond acceptors (Lipinski definition) is 5. The molecule has 0 spiro atoms. The lowest BCUT2D eigenvalue weighted by molar-refractivity contribution is 0.419. The number of fused-ring (bicyclic) bond motifs is 1. The molecular formula is C19H24BrN3S2. The summed E-state index contributed by atoms with van der Waals surface area (Å²) < 4.78 is 9.60. The van der Waals surface area contributed by atoms with E-state index in [9.17, 15) is 0 Å². The van der Waals surface area contributed by atoms with Crippen LogP contribution >= 0.6 is 39.0 Å². The zero-order valence-corrected chi connectivity index (χ0v) is 18.0. The maximum absolute atomic E-state index is 4.47. The van der Waals surface area contributed by atoms with Gasteiger partial charge in [-0.05, 0) is 40.4 Å². The summed E-state index contributed by atoms with van der Waals surface area (Å²) in [5.41, 5.74) is 2.91. The van der Waals surface area contributed by atoms with E-state index in [1.807, 2.05) is 17.5 Å². The molecule has 0 aromatic carbocycles. The van der Waals surface area contributed by atoms with Crippen LogP contribution in [-0.2, 0) is 6.42 Å².